The Morgan fingerprint density at radius 3 is 2.13 bits per heavy atom. The van der Waals surface area contributed by atoms with Gasteiger partial charge in [-0.05, 0) is 55.0 Å². The van der Waals surface area contributed by atoms with Crippen LogP contribution in [0.15, 0.2) is 30.3 Å². The minimum absolute atomic E-state index is 0.0347. The van der Waals surface area contributed by atoms with Gasteiger partial charge in [0.25, 0.3) is 0 Å². The Kier molecular flexibility index (Phi) is 10.5. The summed E-state index contributed by atoms with van der Waals surface area (Å²) in [5.74, 6) is 3.75. The van der Waals surface area contributed by atoms with Gasteiger partial charge >= 0.3 is 0 Å². The second-order valence-corrected chi connectivity index (χ2v) is 9.98. The fourth-order valence-electron chi connectivity index (χ4n) is 5.24. The number of nitrogens with zero attached hydrogens (tertiary/aromatic N) is 2. The van der Waals surface area contributed by atoms with Crippen LogP contribution in [0.2, 0.25) is 0 Å². The van der Waals surface area contributed by atoms with Gasteiger partial charge in [0.15, 0.2) is 23.6 Å². The second kappa shape index (κ2) is 14.0. The number of ether oxygens (including phenoxy) is 5. The molecule has 10 heteroatoms. The first-order chi connectivity index (χ1) is 18.5. The molecule has 0 aromatic heterocycles. The van der Waals surface area contributed by atoms with E-state index in [9.17, 15) is 4.79 Å². The molecule has 8 nitrogen and oxygen atoms in total. The zero-order chi connectivity index (χ0) is 26.9. The molecule has 38 heavy (non-hydrogen) atoms. The molecule has 1 fully saturated rings. The Morgan fingerprint density at radius 1 is 0.868 bits per heavy atom. The molecule has 2 heterocycles. The van der Waals surface area contributed by atoms with Crippen LogP contribution in [-0.2, 0) is 17.6 Å². The Hall–Kier alpha value is -2.55. The molecule has 1 unspecified atom stereocenters. The highest BCUT2D eigenvalue weighted by atomic mass is 35.5. The molecule has 1 saturated heterocycles. The summed E-state index contributed by atoms with van der Waals surface area (Å²) in [6.07, 6.45) is 3.43. The maximum Gasteiger partial charge on any atom is 0.227 e. The molecule has 1 amide bonds. The first-order valence-electron chi connectivity index (χ1n) is 12.9. The molecular formula is C28H36Cl2N2O6. The van der Waals surface area contributed by atoms with Crippen molar-refractivity contribution in [3.05, 3.63) is 41.5 Å². The van der Waals surface area contributed by atoms with Crippen molar-refractivity contribution in [1.82, 2.24) is 9.80 Å². The third-order valence-electron chi connectivity index (χ3n) is 7.11. The fraction of sp³-hybridized carbons (Fsp3) is 0.536. The summed E-state index contributed by atoms with van der Waals surface area (Å²) in [4.78, 5) is 17.6. The molecule has 4 rings (SSSR count). The molecule has 2 aliphatic heterocycles. The standard InChI is InChI=1S/C28H36Cl2N2O6/c1-34-26-10-21-5-7-32(28(33)12-22(21)11-27(26)35-2)17-20-4-3-6-31(16-20)8-9-36-23-13-24(37-18-29)15-25(14-23)38-19-30/h10-11,13-15,20H,3-9,12,16-19H2,1-2H3. The minimum atomic E-state index is 0.0347. The zero-order valence-electron chi connectivity index (χ0n) is 22.0. The van der Waals surface area contributed by atoms with Crippen molar-refractivity contribution in [2.75, 3.05) is 65.7 Å². The molecule has 2 aromatic rings. The molecule has 0 N–H and O–H groups in total. The van der Waals surface area contributed by atoms with Crippen LogP contribution in [0.5, 0.6) is 28.7 Å². The number of hydrogen-bond acceptors (Lipinski definition) is 7. The predicted molar refractivity (Wildman–Crippen MR) is 147 cm³/mol. The smallest absolute Gasteiger partial charge is 0.227 e. The van der Waals surface area contributed by atoms with Crippen molar-refractivity contribution in [3.63, 3.8) is 0 Å². The average molecular weight is 568 g/mol. The number of benzene rings is 2. The van der Waals surface area contributed by atoms with Gasteiger partial charge in [0, 0.05) is 44.4 Å². The summed E-state index contributed by atoms with van der Waals surface area (Å²) in [6, 6.07) is 9.32. The van der Waals surface area contributed by atoms with E-state index in [0.29, 0.717) is 54.2 Å². The van der Waals surface area contributed by atoms with Crippen LogP contribution in [-0.4, -0.2) is 81.4 Å². The summed E-state index contributed by atoms with van der Waals surface area (Å²) in [5.41, 5.74) is 2.18. The lowest BCUT2D eigenvalue weighted by molar-refractivity contribution is -0.131. The van der Waals surface area contributed by atoms with Crippen LogP contribution in [0.3, 0.4) is 0 Å². The molecule has 2 aliphatic rings. The molecular weight excluding hydrogens is 531 g/mol. The predicted octanol–water partition coefficient (Wildman–Crippen LogP) is 4.57. The van der Waals surface area contributed by atoms with Gasteiger partial charge in [0.2, 0.25) is 5.91 Å². The number of halogens is 2. The Balaban J connectivity index is 1.29. The second-order valence-electron chi connectivity index (χ2n) is 9.55. The highest BCUT2D eigenvalue weighted by Crippen LogP contribution is 2.33. The van der Waals surface area contributed by atoms with Crippen LogP contribution in [0.25, 0.3) is 0 Å². The number of hydrogen-bond donors (Lipinski definition) is 0. The van der Waals surface area contributed by atoms with Crippen LogP contribution < -0.4 is 23.7 Å². The van der Waals surface area contributed by atoms with Gasteiger partial charge in [0.05, 0.1) is 20.6 Å². The van der Waals surface area contributed by atoms with Crippen LogP contribution >= 0.6 is 23.2 Å². The van der Waals surface area contributed by atoms with Gasteiger partial charge in [-0.2, -0.15) is 0 Å². The highest BCUT2D eigenvalue weighted by Gasteiger charge is 2.27. The molecule has 0 bridgehead atoms. The molecule has 0 aliphatic carbocycles. The van der Waals surface area contributed by atoms with Crippen LogP contribution in [0, 0.1) is 5.92 Å². The van der Waals surface area contributed by atoms with E-state index in [2.05, 4.69) is 4.90 Å². The average Bonchev–Trinajstić information content (AvgIpc) is 3.06. The topological polar surface area (TPSA) is 69.7 Å². The monoisotopic (exact) mass is 566 g/mol. The van der Waals surface area contributed by atoms with Gasteiger partial charge in [0.1, 0.15) is 23.9 Å². The summed E-state index contributed by atoms with van der Waals surface area (Å²) < 4.78 is 27.7. The Labute approximate surface area is 234 Å². The summed E-state index contributed by atoms with van der Waals surface area (Å²) in [6.45, 7) is 4.77. The number of likely N-dealkylation sites (tertiary alicyclic amines) is 1. The molecule has 208 valence electrons. The third-order valence-corrected chi connectivity index (χ3v) is 7.32. The molecule has 1 atom stereocenters. The van der Waals surface area contributed by atoms with E-state index in [4.69, 9.17) is 46.9 Å². The van der Waals surface area contributed by atoms with Crippen LogP contribution in [0.1, 0.15) is 24.0 Å². The number of alkyl halides is 2. The first kappa shape index (κ1) is 28.5. The van der Waals surface area contributed by atoms with Gasteiger partial charge in [-0.15, -0.1) is 0 Å². The number of piperidine rings is 1. The van der Waals surface area contributed by atoms with E-state index >= 15 is 0 Å². The molecule has 0 spiro atoms. The Morgan fingerprint density at radius 2 is 1.50 bits per heavy atom. The van der Waals surface area contributed by atoms with Gasteiger partial charge in [-0.3, -0.25) is 9.69 Å². The highest BCUT2D eigenvalue weighted by molar-refractivity contribution is 6.17. The molecule has 0 radical (unpaired) electrons. The maximum atomic E-state index is 13.1. The van der Waals surface area contributed by atoms with Crippen molar-refractivity contribution in [3.8, 4) is 28.7 Å². The largest absolute Gasteiger partial charge is 0.493 e. The van der Waals surface area contributed by atoms with Crippen molar-refractivity contribution in [2.45, 2.75) is 25.7 Å². The fourth-order valence-corrected chi connectivity index (χ4v) is 5.49. The van der Waals surface area contributed by atoms with Gasteiger partial charge in [-0.25, -0.2) is 0 Å². The normalized spacial score (nSPS) is 17.9. The summed E-state index contributed by atoms with van der Waals surface area (Å²) >= 11 is 11.4. The lowest BCUT2D eigenvalue weighted by Gasteiger charge is -2.35. The molecule has 0 saturated carbocycles. The van der Waals surface area contributed by atoms with Crippen molar-refractivity contribution in [2.24, 2.45) is 5.92 Å². The van der Waals surface area contributed by atoms with Crippen molar-refractivity contribution >= 4 is 29.1 Å². The van der Waals surface area contributed by atoms with Crippen molar-refractivity contribution < 1.29 is 28.5 Å². The molecule has 2 aromatic carbocycles. The number of carbonyl (C=O) groups excluding carboxylic acids is 1. The summed E-state index contributed by atoms with van der Waals surface area (Å²) in [7, 11) is 3.26. The van der Waals surface area contributed by atoms with E-state index in [1.807, 2.05) is 17.0 Å². The van der Waals surface area contributed by atoms with Crippen molar-refractivity contribution in [1.29, 1.82) is 0 Å². The third kappa shape index (κ3) is 7.52. The van der Waals surface area contributed by atoms with E-state index in [-0.39, 0.29) is 18.0 Å². The number of rotatable bonds is 12. The zero-order valence-corrected chi connectivity index (χ0v) is 23.6. The van der Waals surface area contributed by atoms with E-state index < -0.39 is 0 Å². The van der Waals surface area contributed by atoms with E-state index in [0.717, 1.165) is 56.6 Å². The maximum absolute atomic E-state index is 13.1. The van der Waals surface area contributed by atoms with E-state index in [1.54, 1.807) is 32.4 Å². The van der Waals surface area contributed by atoms with Crippen LogP contribution in [0.4, 0.5) is 0 Å². The number of amides is 1. The first-order valence-corrected chi connectivity index (χ1v) is 14.0. The van der Waals surface area contributed by atoms with E-state index in [1.165, 1.54) is 0 Å². The minimum Gasteiger partial charge on any atom is -0.493 e. The summed E-state index contributed by atoms with van der Waals surface area (Å²) in [5, 5.41) is 0. The van der Waals surface area contributed by atoms with Gasteiger partial charge < -0.3 is 28.6 Å². The quantitative estimate of drug-likeness (QED) is 0.348. The number of methoxy groups -OCH3 is 2. The lowest BCUT2D eigenvalue weighted by atomic mass is 9.97. The SMILES string of the molecule is COc1cc2c(cc1OC)CC(=O)N(CC1CCCN(CCOc3cc(OCCl)cc(OCCl)c3)C1)CC2. The number of carbonyl (C=O) groups is 1. The lowest BCUT2D eigenvalue weighted by Crippen LogP contribution is -2.44. The number of fused-ring (bicyclic) bond motifs is 1. The Bertz CT molecular complexity index is 1060. The van der Waals surface area contributed by atoms with Gasteiger partial charge in [-0.1, -0.05) is 23.2 Å².